The Morgan fingerprint density at radius 2 is 2.26 bits per heavy atom. The lowest BCUT2D eigenvalue weighted by Crippen LogP contribution is -2.27. The second kappa shape index (κ2) is 6.38. The van der Waals surface area contributed by atoms with Gasteiger partial charge in [-0.05, 0) is 31.0 Å². The van der Waals surface area contributed by atoms with Gasteiger partial charge in [0.2, 0.25) is 5.91 Å². The van der Waals surface area contributed by atoms with Crippen LogP contribution in [-0.2, 0) is 17.6 Å². The molecule has 0 spiro atoms. The van der Waals surface area contributed by atoms with Gasteiger partial charge in [0.15, 0.2) is 0 Å². The van der Waals surface area contributed by atoms with Crippen LogP contribution in [-0.4, -0.2) is 17.6 Å². The maximum atomic E-state index is 11.7. The first kappa shape index (κ1) is 13.6. The van der Waals surface area contributed by atoms with Crippen molar-refractivity contribution in [1.82, 2.24) is 10.5 Å². The van der Waals surface area contributed by atoms with Gasteiger partial charge in [0.25, 0.3) is 0 Å². The van der Waals surface area contributed by atoms with Crippen LogP contribution in [0, 0.1) is 6.92 Å². The van der Waals surface area contributed by atoms with Gasteiger partial charge in [-0.2, -0.15) is 0 Å². The summed E-state index contributed by atoms with van der Waals surface area (Å²) < 4.78 is 4.91. The third kappa shape index (κ3) is 4.41. The molecule has 0 aliphatic rings. The van der Waals surface area contributed by atoms with Gasteiger partial charge in [-0.1, -0.05) is 28.9 Å². The summed E-state index contributed by atoms with van der Waals surface area (Å²) in [6, 6.07) is 9.37. The number of halogens is 1. The highest BCUT2D eigenvalue weighted by molar-refractivity contribution is 6.30. The molecule has 0 atom stereocenters. The van der Waals surface area contributed by atoms with E-state index in [1.54, 1.807) is 13.0 Å². The first-order chi connectivity index (χ1) is 9.13. The van der Waals surface area contributed by atoms with E-state index in [0.717, 1.165) is 12.0 Å². The third-order valence-corrected chi connectivity index (χ3v) is 2.88. The first-order valence-corrected chi connectivity index (χ1v) is 6.44. The summed E-state index contributed by atoms with van der Waals surface area (Å²) in [4.78, 5) is 11.7. The molecule has 100 valence electrons. The smallest absolute Gasteiger partial charge is 0.226 e. The van der Waals surface area contributed by atoms with Crippen LogP contribution in [0.4, 0.5) is 0 Å². The van der Waals surface area contributed by atoms with E-state index < -0.39 is 0 Å². The molecule has 1 N–H and O–H groups in total. The monoisotopic (exact) mass is 278 g/mol. The lowest BCUT2D eigenvalue weighted by atomic mass is 10.1. The zero-order valence-corrected chi connectivity index (χ0v) is 11.4. The van der Waals surface area contributed by atoms with Crippen molar-refractivity contribution in [2.45, 2.75) is 19.8 Å². The summed E-state index contributed by atoms with van der Waals surface area (Å²) >= 11 is 5.89. The Morgan fingerprint density at radius 1 is 1.42 bits per heavy atom. The van der Waals surface area contributed by atoms with E-state index in [4.69, 9.17) is 16.1 Å². The minimum atomic E-state index is -0.0599. The largest absolute Gasteiger partial charge is 0.361 e. The van der Waals surface area contributed by atoms with Gasteiger partial charge < -0.3 is 9.84 Å². The molecule has 0 aliphatic heterocycles. The summed E-state index contributed by atoms with van der Waals surface area (Å²) in [7, 11) is 0. The fourth-order valence-electron chi connectivity index (χ4n) is 1.77. The average molecular weight is 279 g/mol. The molecule has 2 aromatic rings. The lowest BCUT2D eigenvalue weighted by molar-refractivity contribution is -0.120. The van der Waals surface area contributed by atoms with E-state index in [1.165, 1.54) is 0 Å². The van der Waals surface area contributed by atoms with Crippen molar-refractivity contribution in [3.63, 3.8) is 0 Å². The predicted octanol–water partition coefficient (Wildman–Crippen LogP) is 2.54. The zero-order chi connectivity index (χ0) is 13.7. The van der Waals surface area contributed by atoms with Gasteiger partial charge in [-0.25, -0.2) is 0 Å². The molecule has 0 fully saturated rings. The van der Waals surface area contributed by atoms with Gasteiger partial charge in [0.1, 0.15) is 5.76 Å². The highest BCUT2D eigenvalue weighted by Crippen LogP contribution is 2.10. The molecule has 1 amide bonds. The maximum absolute atomic E-state index is 11.7. The normalized spacial score (nSPS) is 10.4. The molecule has 1 aromatic carbocycles. The summed E-state index contributed by atoms with van der Waals surface area (Å²) in [5.74, 6) is 0.650. The molecule has 0 unspecified atom stereocenters. The number of nitrogens with zero attached hydrogens (tertiary/aromatic N) is 1. The van der Waals surface area contributed by atoms with Crippen LogP contribution in [0.5, 0.6) is 0 Å². The van der Waals surface area contributed by atoms with Crippen molar-refractivity contribution in [2.24, 2.45) is 0 Å². The SMILES string of the molecule is Cc1cc(CC(=O)NCCc2cccc(Cl)c2)no1. The Morgan fingerprint density at radius 3 is 2.95 bits per heavy atom. The number of nitrogens with one attached hydrogen (secondary N) is 1. The Kier molecular flexibility index (Phi) is 4.58. The average Bonchev–Trinajstić information content (AvgIpc) is 2.75. The third-order valence-electron chi connectivity index (χ3n) is 2.64. The topological polar surface area (TPSA) is 55.1 Å². The Bertz CT molecular complexity index is 566. The van der Waals surface area contributed by atoms with Crippen molar-refractivity contribution < 1.29 is 9.32 Å². The van der Waals surface area contributed by atoms with E-state index >= 15 is 0 Å². The Labute approximate surface area is 116 Å². The summed E-state index contributed by atoms with van der Waals surface area (Å²) in [5, 5.41) is 7.34. The molecular formula is C14H15ClN2O2. The van der Waals surface area contributed by atoms with Gasteiger partial charge in [0, 0.05) is 17.6 Å². The predicted molar refractivity (Wildman–Crippen MR) is 73.1 cm³/mol. The molecular weight excluding hydrogens is 264 g/mol. The van der Waals surface area contributed by atoms with E-state index in [1.807, 2.05) is 24.3 Å². The highest BCUT2D eigenvalue weighted by atomic mass is 35.5. The lowest BCUT2D eigenvalue weighted by Gasteiger charge is -2.04. The molecule has 0 saturated heterocycles. The van der Waals surface area contributed by atoms with Crippen LogP contribution >= 0.6 is 11.6 Å². The van der Waals surface area contributed by atoms with Gasteiger partial charge in [-0.15, -0.1) is 0 Å². The number of rotatable bonds is 5. The van der Waals surface area contributed by atoms with E-state index in [2.05, 4.69) is 10.5 Å². The number of aryl methyl sites for hydroxylation is 1. The number of carbonyl (C=O) groups is 1. The molecule has 5 heteroatoms. The van der Waals surface area contributed by atoms with Gasteiger partial charge in [-0.3, -0.25) is 4.79 Å². The number of carbonyl (C=O) groups excluding carboxylic acids is 1. The number of aromatic nitrogens is 1. The zero-order valence-electron chi connectivity index (χ0n) is 10.6. The number of amides is 1. The number of hydrogen-bond acceptors (Lipinski definition) is 3. The molecule has 0 radical (unpaired) electrons. The molecule has 0 saturated carbocycles. The Balaban J connectivity index is 1.75. The second-order valence-corrected chi connectivity index (χ2v) is 4.77. The standard InChI is InChI=1S/C14H15ClN2O2/c1-10-7-13(17-19-10)9-14(18)16-6-5-11-3-2-4-12(15)8-11/h2-4,7-8H,5-6,9H2,1H3,(H,16,18). The quantitative estimate of drug-likeness (QED) is 0.914. The molecule has 0 bridgehead atoms. The van der Waals surface area contributed by atoms with E-state index in [0.29, 0.717) is 23.0 Å². The molecule has 1 aromatic heterocycles. The maximum Gasteiger partial charge on any atom is 0.226 e. The van der Waals surface area contributed by atoms with Crippen LogP contribution in [0.25, 0.3) is 0 Å². The molecule has 2 rings (SSSR count). The number of benzene rings is 1. The van der Waals surface area contributed by atoms with Crippen LogP contribution < -0.4 is 5.32 Å². The fourth-order valence-corrected chi connectivity index (χ4v) is 1.98. The minimum absolute atomic E-state index is 0.0599. The van der Waals surface area contributed by atoms with Crippen LogP contribution in [0.15, 0.2) is 34.9 Å². The fraction of sp³-hybridized carbons (Fsp3) is 0.286. The van der Waals surface area contributed by atoms with Crippen molar-refractivity contribution >= 4 is 17.5 Å². The summed E-state index contributed by atoms with van der Waals surface area (Å²) in [6.45, 7) is 2.38. The summed E-state index contributed by atoms with van der Waals surface area (Å²) in [5.41, 5.74) is 1.75. The van der Waals surface area contributed by atoms with E-state index in [9.17, 15) is 4.79 Å². The van der Waals surface area contributed by atoms with Crippen molar-refractivity contribution in [3.8, 4) is 0 Å². The second-order valence-electron chi connectivity index (χ2n) is 4.34. The Hall–Kier alpha value is -1.81. The van der Waals surface area contributed by atoms with Crippen molar-refractivity contribution in [2.75, 3.05) is 6.54 Å². The molecule has 0 aliphatic carbocycles. The van der Waals surface area contributed by atoms with E-state index in [-0.39, 0.29) is 12.3 Å². The van der Waals surface area contributed by atoms with Crippen molar-refractivity contribution in [1.29, 1.82) is 0 Å². The van der Waals surface area contributed by atoms with Gasteiger partial charge in [0.05, 0.1) is 12.1 Å². The number of hydrogen-bond donors (Lipinski definition) is 1. The summed E-state index contributed by atoms with van der Waals surface area (Å²) in [6.07, 6.45) is 0.997. The van der Waals surface area contributed by atoms with Gasteiger partial charge >= 0.3 is 0 Å². The van der Waals surface area contributed by atoms with Crippen LogP contribution in [0.2, 0.25) is 5.02 Å². The molecule has 1 heterocycles. The van der Waals surface area contributed by atoms with Crippen LogP contribution in [0.3, 0.4) is 0 Å². The van der Waals surface area contributed by atoms with Crippen molar-refractivity contribution in [3.05, 3.63) is 52.4 Å². The van der Waals surface area contributed by atoms with Crippen LogP contribution in [0.1, 0.15) is 17.0 Å². The molecule has 19 heavy (non-hydrogen) atoms. The first-order valence-electron chi connectivity index (χ1n) is 6.07. The molecule has 4 nitrogen and oxygen atoms in total. The minimum Gasteiger partial charge on any atom is -0.361 e. The highest BCUT2D eigenvalue weighted by Gasteiger charge is 2.07.